The average Bonchev–Trinajstić information content (AvgIpc) is 2.95. The Balaban J connectivity index is 2.22. The summed E-state index contributed by atoms with van der Waals surface area (Å²) < 4.78 is 0. The molecule has 1 saturated carbocycles. The van der Waals surface area contributed by atoms with Crippen molar-refractivity contribution in [3.8, 4) is 0 Å². The average molecular weight is 226 g/mol. The predicted molar refractivity (Wildman–Crippen MR) is 58.2 cm³/mol. The second kappa shape index (κ2) is 3.51. The van der Waals surface area contributed by atoms with E-state index in [1.807, 2.05) is 12.1 Å². The van der Waals surface area contributed by atoms with Crippen LogP contribution in [0.1, 0.15) is 17.9 Å². The zero-order chi connectivity index (χ0) is 11.1. The normalized spacial score (nSPS) is 28.8. The molecule has 2 atom stereocenters. The van der Waals surface area contributed by atoms with Crippen LogP contribution in [-0.4, -0.2) is 23.7 Å². The molecule has 1 aromatic carbocycles. The van der Waals surface area contributed by atoms with E-state index in [-0.39, 0.29) is 5.92 Å². The molecule has 2 rings (SSSR count). The highest BCUT2D eigenvalue weighted by Crippen LogP contribution is 2.51. The first-order valence-electron chi connectivity index (χ1n) is 4.78. The van der Waals surface area contributed by atoms with Gasteiger partial charge < -0.3 is 10.4 Å². The van der Waals surface area contributed by atoms with Gasteiger partial charge in [0, 0.05) is 10.9 Å². The summed E-state index contributed by atoms with van der Waals surface area (Å²) in [6.07, 6.45) is 0.639. The van der Waals surface area contributed by atoms with Gasteiger partial charge in [-0.2, -0.15) is 0 Å². The third-order valence-electron chi connectivity index (χ3n) is 3.06. The van der Waals surface area contributed by atoms with Gasteiger partial charge in [0.1, 0.15) is 5.54 Å². The number of benzene rings is 1. The Morgan fingerprint density at radius 1 is 1.53 bits per heavy atom. The molecule has 0 amide bonds. The van der Waals surface area contributed by atoms with E-state index < -0.39 is 11.5 Å². The molecule has 0 saturated heterocycles. The summed E-state index contributed by atoms with van der Waals surface area (Å²) in [5.74, 6) is -0.734. The topological polar surface area (TPSA) is 49.3 Å². The molecule has 4 heteroatoms. The zero-order valence-electron chi connectivity index (χ0n) is 8.33. The monoisotopic (exact) mass is 225 g/mol. The van der Waals surface area contributed by atoms with Crippen molar-refractivity contribution in [2.24, 2.45) is 0 Å². The first-order valence-corrected chi connectivity index (χ1v) is 5.16. The van der Waals surface area contributed by atoms with Gasteiger partial charge >= 0.3 is 5.97 Å². The first-order chi connectivity index (χ1) is 7.10. The van der Waals surface area contributed by atoms with Crippen molar-refractivity contribution in [3.05, 3.63) is 34.9 Å². The molecule has 0 spiro atoms. The fraction of sp³-hybridized carbons (Fsp3) is 0.364. The number of hydrogen-bond acceptors (Lipinski definition) is 2. The molecular weight excluding hydrogens is 214 g/mol. The first kappa shape index (κ1) is 10.5. The van der Waals surface area contributed by atoms with Crippen molar-refractivity contribution >= 4 is 17.6 Å². The smallest absolute Gasteiger partial charge is 0.324 e. The number of halogens is 1. The minimum atomic E-state index is -0.787. The van der Waals surface area contributed by atoms with Gasteiger partial charge in [-0.15, -0.1) is 0 Å². The van der Waals surface area contributed by atoms with E-state index in [1.54, 1.807) is 19.2 Å². The lowest BCUT2D eigenvalue weighted by molar-refractivity contribution is -0.140. The number of nitrogens with one attached hydrogen (secondary N) is 1. The van der Waals surface area contributed by atoms with E-state index in [4.69, 9.17) is 16.7 Å². The zero-order valence-corrected chi connectivity index (χ0v) is 9.08. The van der Waals surface area contributed by atoms with Gasteiger partial charge in [-0.3, -0.25) is 4.79 Å². The molecule has 1 aromatic rings. The Hall–Kier alpha value is -1.06. The number of hydrogen-bond donors (Lipinski definition) is 2. The lowest BCUT2D eigenvalue weighted by Gasteiger charge is -2.10. The highest BCUT2D eigenvalue weighted by Gasteiger charge is 2.60. The van der Waals surface area contributed by atoms with E-state index in [1.165, 1.54) is 0 Å². The lowest BCUT2D eigenvalue weighted by Crippen LogP contribution is -2.38. The van der Waals surface area contributed by atoms with Crippen molar-refractivity contribution in [2.45, 2.75) is 17.9 Å². The van der Waals surface area contributed by atoms with Crippen molar-refractivity contribution in [1.82, 2.24) is 5.32 Å². The van der Waals surface area contributed by atoms with Crippen LogP contribution in [0.25, 0.3) is 0 Å². The molecule has 3 nitrogen and oxygen atoms in total. The third kappa shape index (κ3) is 1.62. The van der Waals surface area contributed by atoms with Gasteiger partial charge in [0.25, 0.3) is 0 Å². The molecule has 0 bridgehead atoms. The van der Waals surface area contributed by atoms with Crippen LogP contribution in [0.5, 0.6) is 0 Å². The number of aliphatic carboxylic acids is 1. The van der Waals surface area contributed by atoms with Gasteiger partial charge in [0.05, 0.1) is 0 Å². The van der Waals surface area contributed by atoms with Crippen LogP contribution in [0.15, 0.2) is 24.3 Å². The minimum absolute atomic E-state index is 0.0530. The Kier molecular flexibility index (Phi) is 2.44. The summed E-state index contributed by atoms with van der Waals surface area (Å²) in [5, 5.41) is 12.7. The highest BCUT2D eigenvalue weighted by atomic mass is 35.5. The Morgan fingerprint density at radius 2 is 2.13 bits per heavy atom. The molecule has 0 aromatic heterocycles. The maximum absolute atomic E-state index is 11.1. The minimum Gasteiger partial charge on any atom is -0.480 e. The van der Waals surface area contributed by atoms with E-state index >= 15 is 0 Å². The van der Waals surface area contributed by atoms with Crippen LogP contribution in [0.3, 0.4) is 0 Å². The maximum atomic E-state index is 11.1. The fourth-order valence-corrected chi connectivity index (χ4v) is 2.11. The van der Waals surface area contributed by atoms with Crippen molar-refractivity contribution in [3.63, 3.8) is 0 Å². The predicted octanol–water partition coefficient (Wildman–Crippen LogP) is 1.87. The van der Waals surface area contributed by atoms with Crippen molar-refractivity contribution in [1.29, 1.82) is 0 Å². The standard InChI is InChI=1S/C11H12ClNO2/c1-13-11(10(14)15)6-9(11)7-2-4-8(12)5-3-7/h2-5,9,13H,6H2,1H3,(H,14,15). The van der Waals surface area contributed by atoms with Crippen LogP contribution in [0, 0.1) is 0 Å². The molecule has 1 aliphatic carbocycles. The summed E-state index contributed by atoms with van der Waals surface area (Å²) in [6.45, 7) is 0. The molecule has 0 heterocycles. The second-order valence-electron chi connectivity index (χ2n) is 3.83. The largest absolute Gasteiger partial charge is 0.480 e. The van der Waals surface area contributed by atoms with Crippen LogP contribution >= 0.6 is 11.6 Å². The van der Waals surface area contributed by atoms with E-state index in [2.05, 4.69) is 5.32 Å². The molecule has 15 heavy (non-hydrogen) atoms. The van der Waals surface area contributed by atoms with Gasteiger partial charge in [0.15, 0.2) is 0 Å². The Bertz CT molecular complexity index is 390. The second-order valence-corrected chi connectivity index (χ2v) is 4.27. The van der Waals surface area contributed by atoms with E-state index in [9.17, 15) is 4.79 Å². The van der Waals surface area contributed by atoms with Gasteiger partial charge in [-0.1, -0.05) is 23.7 Å². The summed E-state index contributed by atoms with van der Waals surface area (Å²) in [6, 6.07) is 7.35. The number of likely N-dealkylation sites (N-methyl/N-ethyl adjacent to an activating group) is 1. The number of rotatable bonds is 3. The van der Waals surface area contributed by atoms with Crippen molar-refractivity contribution in [2.75, 3.05) is 7.05 Å². The van der Waals surface area contributed by atoms with Gasteiger partial charge in [-0.05, 0) is 31.2 Å². The molecule has 2 N–H and O–H groups in total. The Labute approximate surface area is 93.1 Å². The molecule has 1 aliphatic rings. The molecule has 1 fully saturated rings. The van der Waals surface area contributed by atoms with Crippen molar-refractivity contribution < 1.29 is 9.90 Å². The van der Waals surface area contributed by atoms with Crippen LogP contribution in [0.4, 0.5) is 0 Å². The molecule has 0 aliphatic heterocycles. The highest BCUT2D eigenvalue weighted by molar-refractivity contribution is 6.30. The molecule has 2 unspecified atom stereocenters. The maximum Gasteiger partial charge on any atom is 0.324 e. The molecular formula is C11H12ClNO2. The molecule has 0 radical (unpaired) electrons. The summed E-state index contributed by atoms with van der Waals surface area (Å²) >= 11 is 5.77. The molecule has 80 valence electrons. The Morgan fingerprint density at radius 3 is 2.53 bits per heavy atom. The fourth-order valence-electron chi connectivity index (χ4n) is 1.98. The van der Waals surface area contributed by atoms with Crippen LogP contribution in [0.2, 0.25) is 5.02 Å². The number of carboxylic acid groups (broad SMARTS) is 1. The summed E-state index contributed by atoms with van der Waals surface area (Å²) in [4.78, 5) is 11.1. The lowest BCUT2D eigenvalue weighted by atomic mass is 10.1. The number of carbonyl (C=O) groups is 1. The van der Waals surface area contributed by atoms with Crippen LogP contribution in [-0.2, 0) is 4.79 Å². The SMILES string of the molecule is CNC1(C(=O)O)CC1c1ccc(Cl)cc1. The van der Waals surface area contributed by atoms with Gasteiger partial charge in [-0.25, -0.2) is 0 Å². The van der Waals surface area contributed by atoms with Crippen LogP contribution < -0.4 is 5.32 Å². The van der Waals surface area contributed by atoms with Gasteiger partial charge in [0.2, 0.25) is 0 Å². The quantitative estimate of drug-likeness (QED) is 0.826. The summed E-state index contributed by atoms with van der Waals surface area (Å²) in [5.41, 5.74) is 0.254. The van der Waals surface area contributed by atoms with E-state index in [0.29, 0.717) is 11.4 Å². The third-order valence-corrected chi connectivity index (χ3v) is 3.31. The summed E-state index contributed by atoms with van der Waals surface area (Å²) in [7, 11) is 1.68. The number of carboxylic acids is 1. The van der Waals surface area contributed by atoms with E-state index in [0.717, 1.165) is 5.56 Å².